The number of aromatic nitrogens is 1. The van der Waals surface area contributed by atoms with Gasteiger partial charge in [0.2, 0.25) is 0 Å². The second-order valence-corrected chi connectivity index (χ2v) is 5.98. The summed E-state index contributed by atoms with van der Waals surface area (Å²) in [7, 11) is 0. The Morgan fingerprint density at radius 3 is 2.62 bits per heavy atom. The first kappa shape index (κ1) is 13.9. The first-order chi connectivity index (χ1) is 10.1. The summed E-state index contributed by atoms with van der Waals surface area (Å²) in [4.78, 5) is 12.1. The molecule has 3 rings (SSSR count). The van der Waals surface area contributed by atoms with Gasteiger partial charge in [-0.05, 0) is 35.4 Å². The van der Waals surface area contributed by atoms with E-state index in [9.17, 15) is 4.79 Å². The van der Waals surface area contributed by atoms with Crippen LogP contribution in [0.25, 0.3) is 11.3 Å². The highest BCUT2D eigenvalue weighted by atomic mass is 35.5. The summed E-state index contributed by atoms with van der Waals surface area (Å²) >= 11 is 7.20. The van der Waals surface area contributed by atoms with Gasteiger partial charge in [-0.1, -0.05) is 47.2 Å². The molecule has 1 aromatic heterocycles. The molecular weight excluding hydrogens is 304 g/mol. The van der Waals surface area contributed by atoms with Crippen LogP contribution in [0.2, 0.25) is 5.02 Å². The summed E-state index contributed by atoms with van der Waals surface area (Å²) in [5.74, 6) is 0. The third-order valence-electron chi connectivity index (χ3n) is 3.22. The first-order valence-corrected chi connectivity index (χ1v) is 7.68. The van der Waals surface area contributed by atoms with Crippen LogP contribution < -0.4 is 10.6 Å². The lowest BCUT2D eigenvalue weighted by Gasteiger charge is -2.08. The smallest absolute Gasteiger partial charge is 0.307 e. The second kappa shape index (κ2) is 5.76. The average molecular weight is 317 g/mol. The summed E-state index contributed by atoms with van der Waals surface area (Å²) in [6.45, 7) is 0.503. The van der Waals surface area contributed by atoms with Crippen molar-refractivity contribution in [1.82, 2.24) is 4.57 Å². The molecule has 0 saturated carbocycles. The first-order valence-electron chi connectivity index (χ1n) is 6.42. The normalized spacial score (nSPS) is 10.7. The molecule has 5 heteroatoms. The Morgan fingerprint density at radius 1 is 1.14 bits per heavy atom. The van der Waals surface area contributed by atoms with Gasteiger partial charge in [0.15, 0.2) is 0 Å². The zero-order valence-electron chi connectivity index (χ0n) is 11.1. The minimum atomic E-state index is 0.0156. The number of halogens is 1. The monoisotopic (exact) mass is 316 g/mol. The molecule has 0 aliphatic heterocycles. The highest BCUT2D eigenvalue weighted by Crippen LogP contribution is 2.22. The molecule has 0 aliphatic carbocycles. The van der Waals surface area contributed by atoms with E-state index in [0.29, 0.717) is 17.3 Å². The quantitative estimate of drug-likeness (QED) is 0.746. The van der Waals surface area contributed by atoms with Gasteiger partial charge in [0, 0.05) is 16.1 Å². The lowest BCUT2D eigenvalue weighted by Crippen LogP contribution is -2.15. The van der Waals surface area contributed by atoms with E-state index in [0.717, 1.165) is 16.8 Å². The summed E-state index contributed by atoms with van der Waals surface area (Å²) in [6.07, 6.45) is 0. The molecule has 0 spiro atoms. The van der Waals surface area contributed by atoms with Crippen molar-refractivity contribution in [2.24, 2.45) is 0 Å². The third-order valence-corrected chi connectivity index (χ3v) is 4.22. The minimum absolute atomic E-state index is 0.0156. The zero-order chi connectivity index (χ0) is 14.8. The molecule has 3 nitrogen and oxygen atoms in total. The number of hydrogen-bond acceptors (Lipinski definition) is 3. The van der Waals surface area contributed by atoms with Crippen molar-refractivity contribution in [2.45, 2.75) is 6.54 Å². The molecule has 0 bridgehead atoms. The van der Waals surface area contributed by atoms with Crippen molar-refractivity contribution in [3.05, 3.63) is 74.2 Å². The van der Waals surface area contributed by atoms with E-state index in [1.807, 2.05) is 53.9 Å². The average Bonchev–Trinajstić information content (AvgIpc) is 2.81. The molecule has 0 saturated heterocycles. The fourth-order valence-electron chi connectivity index (χ4n) is 2.18. The summed E-state index contributed by atoms with van der Waals surface area (Å²) in [5, 5.41) is 2.54. The van der Waals surface area contributed by atoms with E-state index in [-0.39, 0.29) is 4.87 Å². The van der Waals surface area contributed by atoms with Gasteiger partial charge in [-0.3, -0.25) is 9.36 Å². The van der Waals surface area contributed by atoms with E-state index < -0.39 is 0 Å². The zero-order valence-corrected chi connectivity index (χ0v) is 12.7. The van der Waals surface area contributed by atoms with Crippen molar-refractivity contribution < 1.29 is 0 Å². The van der Waals surface area contributed by atoms with Crippen LogP contribution in [-0.2, 0) is 6.54 Å². The standard InChI is InChI=1S/C16H13ClN2OS/c17-13-3-1-2-11(8-13)9-19-15(10-21-16(19)20)12-4-6-14(18)7-5-12/h1-8,10H,9,18H2. The number of anilines is 1. The van der Waals surface area contributed by atoms with Crippen LogP contribution in [0.3, 0.4) is 0 Å². The SMILES string of the molecule is Nc1ccc(-c2csc(=O)n2Cc2cccc(Cl)c2)cc1. The van der Waals surface area contributed by atoms with Crippen molar-refractivity contribution in [2.75, 3.05) is 5.73 Å². The molecule has 3 aromatic rings. The van der Waals surface area contributed by atoms with E-state index in [2.05, 4.69) is 0 Å². The van der Waals surface area contributed by atoms with E-state index >= 15 is 0 Å². The molecule has 0 amide bonds. The van der Waals surface area contributed by atoms with Gasteiger partial charge < -0.3 is 5.73 Å². The van der Waals surface area contributed by atoms with Gasteiger partial charge in [-0.25, -0.2) is 0 Å². The number of benzene rings is 2. The van der Waals surface area contributed by atoms with E-state index in [1.54, 1.807) is 4.57 Å². The fraction of sp³-hybridized carbons (Fsp3) is 0.0625. The molecular formula is C16H13ClN2OS. The fourth-order valence-corrected chi connectivity index (χ4v) is 3.16. The summed E-state index contributed by atoms with van der Waals surface area (Å²) in [5.41, 5.74) is 9.28. The number of rotatable bonds is 3. The Kier molecular flexibility index (Phi) is 3.82. The van der Waals surface area contributed by atoms with Crippen LogP contribution in [0.5, 0.6) is 0 Å². The molecule has 0 radical (unpaired) electrons. The van der Waals surface area contributed by atoms with Gasteiger partial charge in [0.1, 0.15) is 0 Å². The number of nitrogens with two attached hydrogens (primary N) is 1. The maximum atomic E-state index is 12.1. The molecule has 1 heterocycles. The maximum Gasteiger partial charge on any atom is 0.307 e. The van der Waals surface area contributed by atoms with Crippen molar-refractivity contribution >= 4 is 28.6 Å². The Labute approximate surface area is 131 Å². The molecule has 0 aliphatic rings. The number of nitrogen functional groups attached to an aromatic ring is 1. The van der Waals surface area contributed by atoms with Crippen LogP contribution in [0.15, 0.2) is 58.7 Å². The van der Waals surface area contributed by atoms with Gasteiger partial charge >= 0.3 is 4.87 Å². The number of hydrogen-bond donors (Lipinski definition) is 1. The highest BCUT2D eigenvalue weighted by Gasteiger charge is 2.09. The van der Waals surface area contributed by atoms with Crippen molar-refractivity contribution in [1.29, 1.82) is 0 Å². The Hall–Kier alpha value is -2.04. The minimum Gasteiger partial charge on any atom is -0.399 e. The molecule has 2 N–H and O–H groups in total. The molecule has 21 heavy (non-hydrogen) atoms. The number of thiazole rings is 1. The maximum absolute atomic E-state index is 12.1. The predicted molar refractivity (Wildman–Crippen MR) is 89.0 cm³/mol. The molecule has 2 aromatic carbocycles. The van der Waals surface area contributed by atoms with Crippen LogP contribution in [0.1, 0.15) is 5.56 Å². The van der Waals surface area contributed by atoms with Crippen LogP contribution in [0.4, 0.5) is 5.69 Å². The van der Waals surface area contributed by atoms with Crippen LogP contribution >= 0.6 is 22.9 Å². The second-order valence-electron chi connectivity index (χ2n) is 4.72. The van der Waals surface area contributed by atoms with Crippen LogP contribution in [0, 0.1) is 0 Å². The lowest BCUT2D eigenvalue weighted by molar-refractivity contribution is 0.792. The Bertz CT molecular complexity index is 821. The lowest BCUT2D eigenvalue weighted by atomic mass is 10.1. The van der Waals surface area contributed by atoms with Gasteiger partial charge in [-0.2, -0.15) is 0 Å². The highest BCUT2D eigenvalue weighted by molar-refractivity contribution is 7.07. The predicted octanol–water partition coefficient (Wildman–Crippen LogP) is 3.86. The topological polar surface area (TPSA) is 48.0 Å². The molecule has 0 unspecified atom stereocenters. The Balaban J connectivity index is 2.01. The summed E-state index contributed by atoms with van der Waals surface area (Å²) in [6, 6.07) is 15.1. The molecule has 0 atom stereocenters. The molecule has 0 fully saturated rings. The Morgan fingerprint density at radius 2 is 1.90 bits per heavy atom. The van der Waals surface area contributed by atoms with Gasteiger partial charge in [0.25, 0.3) is 0 Å². The number of nitrogens with zero attached hydrogens (tertiary/aromatic N) is 1. The van der Waals surface area contributed by atoms with E-state index in [4.69, 9.17) is 17.3 Å². The van der Waals surface area contributed by atoms with E-state index in [1.165, 1.54) is 11.3 Å². The summed E-state index contributed by atoms with van der Waals surface area (Å²) < 4.78 is 1.75. The van der Waals surface area contributed by atoms with Crippen molar-refractivity contribution in [3.63, 3.8) is 0 Å². The van der Waals surface area contributed by atoms with Crippen LogP contribution in [-0.4, -0.2) is 4.57 Å². The van der Waals surface area contributed by atoms with Crippen molar-refractivity contribution in [3.8, 4) is 11.3 Å². The third kappa shape index (κ3) is 3.01. The van der Waals surface area contributed by atoms with Gasteiger partial charge in [-0.15, -0.1) is 0 Å². The molecule has 106 valence electrons. The largest absolute Gasteiger partial charge is 0.399 e. The van der Waals surface area contributed by atoms with Gasteiger partial charge in [0.05, 0.1) is 12.2 Å².